The van der Waals surface area contributed by atoms with Gasteiger partial charge in [0.2, 0.25) is 5.78 Å². The fourth-order valence-electron chi connectivity index (χ4n) is 2.83. The standard InChI is InChI=1S/C20H22N2O2/c1-5-10-22-14(2)11-18(15(22)3)20(23)17(13-21)12-16-8-6-7-9-19(16)24-4/h6-9,11-12H,5,10H2,1-4H3/b17-12+. The molecular weight excluding hydrogens is 300 g/mol. The van der Waals surface area contributed by atoms with Crippen LogP contribution in [0, 0.1) is 25.2 Å². The molecule has 0 spiro atoms. The summed E-state index contributed by atoms with van der Waals surface area (Å²) in [6.45, 7) is 6.87. The Kier molecular flexibility index (Phi) is 5.59. The minimum absolute atomic E-state index is 0.108. The number of rotatable bonds is 6. The largest absolute Gasteiger partial charge is 0.496 e. The van der Waals surface area contributed by atoms with Gasteiger partial charge in [-0.1, -0.05) is 25.1 Å². The number of ketones is 1. The second-order valence-electron chi connectivity index (χ2n) is 5.68. The van der Waals surface area contributed by atoms with Gasteiger partial charge in [0.25, 0.3) is 0 Å². The Bertz CT molecular complexity index is 823. The smallest absolute Gasteiger partial charge is 0.205 e. The van der Waals surface area contributed by atoms with Crippen molar-refractivity contribution in [2.24, 2.45) is 0 Å². The van der Waals surface area contributed by atoms with Crippen LogP contribution in [0.3, 0.4) is 0 Å². The van der Waals surface area contributed by atoms with E-state index in [4.69, 9.17) is 4.74 Å². The van der Waals surface area contributed by atoms with E-state index in [2.05, 4.69) is 11.5 Å². The highest BCUT2D eigenvalue weighted by Gasteiger charge is 2.19. The summed E-state index contributed by atoms with van der Waals surface area (Å²) in [5.74, 6) is 0.383. The van der Waals surface area contributed by atoms with Crippen molar-refractivity contribution in [1.29, 1.82) is 5.26 Å². The normalized spacial score (nSPS) is 11.2. The number of Topliss-reactive ketones (excluding diaryl/α,β-unsaturated/α-hetero) is 1. The van der Waals surface area contributed by atoms with Crippen molar-refractivity contribution in [2.45, 2.75) is 33.7 Å². The summed E-state index contributed by atoms with van der Waals surface area (Å²) < 4.78 is 7.40. The van der Waals surface area contributed by atoms with Gasteiger partial charge >= 0.3 is 0 Å². The molecule has 0 fully saturated rings. The number of nitrogens with zero attached hydrogens (tertiary/aromatic N) is 2. The molecule has 2 rings (SSSR count). The van der Waals surface area contributed by atoms with Crippen LogP contribution < -0.4 is 4.74 Å². The van der Waals surface area contributed by atoms with Gasteiger partial charge in [0.05, 0.1) is 7.11 Å². The van der Waals surface area contributed by atoms with Crippen LogP contribution in [0.4, 0.5) is 0 Å². The quantitative estimate of drug-likeness (QED) is 0.452. The molecule has 0 N–H and O–H groups in total. The Morgan fingerprint density at radius 2 is 2.04 bits per heavy atom. The number of aryl methyl sites for hydroxylation is 1. The van der Waals surface area contributed by atoms with E-state index in [0.29, 0.717) is 16.9 Å². The highest BCUT2D eigenvalue weighted by atomic mass is 16.5. The Balaban J connectivity index is 2.45. The lowest BCUT2D eigenvalue weighted by molar-refractivity contribution is 0.103. The number of hydrogen-bond donors (Lipinski definition) is 0. The fraction of sp³-hybridized carbons (Fsp3) is 0.300. The molecule has 4 heteroatoms. The van der Waals surface area contributed by atoms with Gasteiger partial charge in [0, 0.05) is 29.1 Å². The summed E-state index contributed by atoms with van der Waals surface area (Å²) >= 11 is 0. The molecule has 1 aromatic carbocycles. The zero-order valence-electron chi connectivity index (χ0n) is 14.6. The third kappa shape index (κ3) is 3.41. The molecular formula is C20H22N2O2. The fourth-order valence-corrected chi connectivity index (χ4v) is 2.83. The first-order valence-electron chi connectivity index (χ1n) is 7.99. The molecule has 0 saturated carbocycles. The molecule has 0 atom stereocenters. The maximum Gasteiger partial charge on any atom is 0.205 e. The van der Waals surface area contributed by atoms with Crippen LogP contribution in [0.2, 0.25) is 0 Å². The SMILES string of the molecule is CCCn1c(C)cc(C(=O)/C(C#N)=C/c2ccccc2OC)c1C. The maximum absolute atomic E-state index is 12.8. The first-order chi connectivity index (χ1) is 11.5. The predicted molar refractivity (Wildman–Crippen MR) is 95.1 cm³/mol. The Morgan fingerprint density at radius 3 is 2.67 bits per heavy atom. The Morgan fingerprint density at radius 1 is 1.33 bits per heavy atom. The van der Waals surface area contributed by atoms with Gasteiger partial charge in [0.1, 0.15) is 17.4 Å². The lowest BCUT2D eigenvalue weighted by Crippen LogP contribution is -2.06. The minimum Gasteiger partial charge on any atom is -0.496 e. The summed E-state index contributed by atoms with van der Waals surface area (Å²) in [7, 11) is 1.57. The molecule has 1 heterocycles. The van der Waals surface area contributed by atoms with E-state index < -0.39 is 0 Å². The summed E-state index contributed by atoms with van der Waals surface area (Å²) in [6.07, 6.45) is 2.58. The molecule has 0 aliphatic rings. The molecule has 2 aromatic rings. The summed E-state index contributed by atoms with van der Waals surface area (Å²) in [4.78, 5) is 12.8. The number of aromatic nitrogens is 1. The van der Waals surface area contributed by atoms with Gasteiger partial charge in [-0.2, -0.15) is 5.26 Å². The number of carbonyl (C=O) groups is 1. The van der Waals surface area contributed by atoms with Crippen LogP contribution in [-0.2, 0) is 6.54 Å². The summed E-state index contributed by atoms with van der Waals surface area (Å²) in [5, 5.41) is 9.47. The molecule has 0 aliphatic carbocycles. The van der Waals surface area contributed by atoms with Crippen LogP contribution in [0.15, 0.2) is 35.9 Å². The molecule has 0 amide bonds. The monoisotopic (exact) mass is 322 g/mol. The van der Waals surface area contributed by atoms with Gasteiger partial charge in [-0.25, -0.2) is 0 Å². The predicted octanol–water partition coefficient (Wildman–Crippen LogP) is 4.31. The maximum atomic E-state index is 12.8. The van der Waals surface area contributed by atoms with Gasteiger partial charge in [0.15, 0.2) is 0 Å². The van der Waals surface area contributed by atoms with Crippen molar-refractivity contribution in [3.05, 3.63) is 58.4 Å². The number of para-hydroxylation sites is 1. The number of allylic oxidation sites excluding steroid dienone is 1. The van der Waals surface area contributed by atoms with Gasteiger partial charge < -0.3 is 9.30 Å². The number of benzene rings is 1. The molecule has 4 nitrogen and oxygen atoms in total. The zero-order chi connectivity index (χ0) is 17.7. The second kappa shape index (κ2) is 7.65. The van der Waals surface area contributed by atoms with E-state index in [1.807, 2.05) is 44.2 Å². The molecule has 0 aliphatic heterocycles. The van der Waals surface area contributed by atoms with Crippen LogP contribution in [0.5, 0.6) is 5.75 Å². The average molecular weight is 322 g/mol. The van der Waals surface area contributed by atoms with Crippen molar-refractivity contribution < 1.29 is 9.53 Å². The lowest BCUT2D eigenvalue weighted by Gasteiger charge is -2.08. The topological polar surface area (TPSA) is 55.0 Å². The molecule has 1 aromatic heterocycles. The number of carbonyl (C=O) groups excluding carboxylic acids is 1. The van der Waals surface area contributed by atoms with Gasteiger partial charge in [-0.05, 0) is 38.5 Å². The van der Waals surface area contributed by atoms with Gasteiger partial charge in [-0.3, -0.25) is 4.79 Å². The molecule has 0 bridgehead atoms. The van der Waals surface area contributed by atoms with E-state index in [1.165, 1.54) is 0 Å². The summed E-state index contributed by atoms with van der Waals surface area (Å²) in [6, 6.07) is 11.2. The zero-order valence-corrected chi connectivity index (χ0v) is 14.6. The van der Waals surface area contributed by atoms with Crippen LogP contribution in [0.25, 0.3) is 6.08 Å². The van der Waals surface area contributed by atoms with Crippen LogP contribution in [0.1, 0.15) is 40.7 Å². The van der Waals surface area contributed by atoms with E-state index >= 15 is 0 Å². The number of nitriles is 1. The van der Waals surface area contributed by atoms with Crippen LogP contribution >= 0.6 is 0 Å². The van der Waals surface area contributed by atoms with E-state index in [9.17, 15) is 10.1 Å². The van der Waals surface area contributed by atoms with Crippen LogP contribution in [-0.4, -0.2) is 17.5 Å². The first kappa shape index (κ1) is 17.6. The summed E-state index contributed by atoms with van der Waals surface area (Å²) in [5.41, 5.74) is 3.35. The second-order valence-corrected chi connectivity index (χ2v) is 5.68. The van der Waals surface area contributed by atoms with Crippen molar-refractivity contribution in [2.75, 3.05) is 7.11 Å². The van der Waals surface area contributed by atoms with Gasteiger partial charge in [-0.15, -0.1) is 0 Å². The molecule has 24 heavy (non-hydrogen) atoms. The number of hydrogen-bond acceptors (Lipinski definition) is 3. The van der Waals surface area contributed by atoms with E-state index in [1.54, 1.807) is 19.3 Å². The third-order valence-electron chi connectivity index (χ3n) is 4.07. The molecule has 0 saturated heterocycles. The lowest BCUT2D eigenvalue weighted by atomic mass is 10.0. The number of ether oxygens (including phenoxy) is 1. The minimum atomic E-state index is -0.251. The van der Waals surface area contributed by atoms with Crippen molar-refractivity contribution in [3.63, 3.8) is 0 Å². The third-order valence-corrected chi connectivity index (χ3v) is 4.07. The Hall–Kier alpha value is -2.80. The highest BCUT2D eigenvalue weighted by molar-refractivity contribution is 6.14. The van der Waals surface area contributed by atoms with E-state index in [-0.39, 0.29) is 11.4 Å². The molecule has 124 valence electrons. The average Bonchev–Trinajstić information content (AvgIpc) is 2.88. The molecule has 0 unspecified atom stereocenters. The van der Waals surface area contributed by atoms with Crippen molar-refractivity contribution in [1.82, 2.24) is 4.57 Å². The van der Waals surface area contributed by atoms with E-state index in [0.717, 1.165) is 24.4 Å². The Labute approximate surface area is 143 Å². The first-order valence-corrected chi connectivity index (χ1v) is 7.99. The molecule has 0 radical (unpaired) electrons. The van der Waals surface area contributed by atoms with Crippen molar-refractivity contribution >= 4 is 11.9 Å². The highest BCUT2D eigenvalue weighted by Crippen LogP contribution is 2.24. The van der Waals surface area contributed by atoms with Crippen molar-refractivity contribution in [3.8, 4) is 11.8 Å². The number of methoxy groups -OCH3 is 1.